The van der Waals surface area contributed by atoms with Crippen LogP contribution in [0.15, 0.2) is 30.3 Å². The second-order valence-corrected chi connectivity index (χ2v) is 8.81. The lowest BCUT2D eigenvalue weighted by molar-refractivity contribution is -0.138. The first-order chi connectivity index (χ1) is 13.2. The van der Waals surface area contributed by atoms with Gasteiger partial charge in [-0.1, -0.05) is 49.6 Å². The molecule has 2 amide bonds. The molecule has 4 rings (SSSR count). The number of amides is 2. The second-order valence-electron chi connectivity index (χ2n) is 8.81. The van der Waals surface area contributed by atoms with Crippen molar-refractivity contribution in [2.45, 2.75) is 57.8 Å². The summed E-state index contributed by atoms with van der Waals surface area (Å²) in [6.45, 7) is 2.41. The van der Waals surface area contributed by atoms with Crippen LogP contribution < -0.4 is 5.32 Å². The number of hydrogen-bond donors (Lipinski definition) is 1. The van der Waals surface area contributed by atoms with Crippen LogP contribution in [-0.2, 0) is 16.0 Å². The van der Waals surface area contributed by atoms with Gasteiger partial charge in [-0.15, -0.1) is 0 Å². The zero-order chi connectivity index (χ0) is 18.7. The Balaban J connectivity index is 1.20. The second kappa shape index (κ2) is 8.04. The molecule has 1 aromatic carbocycles. The summed E-state index contributed by atoms with van der Waals surface area (Å²) in [5, 5.41) is 3.13. The minimum absolute atomic E-state index is 0.167. The van der Waals surface area contributed by atoms with E-state index in [-0.39, 0.29) is 23.2 Å². The number of carbonyl (C=O) groups excluding carboxylic acids is 2. The monoisotopic (exact) mass is 368 g/mol. The third kappa shape index (κ3) is 4.20. The van der Waals surface area contributed by atoms with Gasteiger partial charge in [-0.05, 0) is 49.5 Å². The van der Waals surface area contributed by atoms with E-state index in [4.69, 9.17) is 0 Å². The number of nitrogens with zero attached hydrogens (tertiary/aromatic N) is 1. The zero-order valence-electron chi connectivity index (χ0n) is 16.3. The molecule has 0 bridgehead atoms. The van der Waals surface area contributed by atoms with Crippen LogP contribution in [0.2, 0.25) is 0 Å². The van der Waals surface area contributed by atoms with Gasteiger partial charge in [-0.25, -0.2) is 0 Å². The number of benzene rings is 1. The molecule has 2 saturated carbocycles. The average molecular weight is 369 g/mol. The molecule has 1 aromatic rings. The number of carbonyl (C=O) groups is 2. The lowest BCUT2D eigenvalue weighted by Gasteiger charge is -2.36. The molecule has 2 aliphatic carbocycles. The molecule has 27 heavy (non-hydrogen) atoms. The molecule has 4 heteroatoms. The van der Waals surface area contributed by atoms with Gasteiger partial charge in [0.05, 0.1) is 0 Å². The SMILES string of the molecule is O=C(NCCc1ccccc1)[C@H]1CC12CCN(C(=O)C1CCCCC1)CC2. The molecule has 1 saturated heterocycles. The van der Waals surface area contributed by atoms with E-state index in [1.807, 2.05) is 18.2 Å². The Morgan fingerprint density at radius 3 is 2.44 bits per heavy atom. The van der Waals surface area contributed by atoms with E-state index in [2.05, 4.69) is 22.3 Å². The van der Waals surface area contributed by atoms with Crippen LogP contribution in [0.5, 0.6) is 0 Å². The van der Waals surface area contributed by atoms with Crippen molar-refractivity contribution in [3.8, 4) is 0 Å². The van der Waals surface area contributed by atoms with E-state index in [9.17, 15) is 9.59 Å². The number of likely N-dealkylation sites (tertiary alicyclic amines) is 1. The Hall–Kier alpha value is -1.84. The molecule has 0 aromatic heterocycles. The minimum atomic E-state index is 0.167. The molecule has 3 fully saturated rings. The summed E-state index contributed by atoms with van der Waals surface area (Å²) < 4.78 is 0. The predicted octanol–water partition coefficient (Wildman–Crippen LogP) is 3.55. The number of nitrogens with one attached hydrogen (secondary N) is 1. The van der Waals surface area contributed by atoms with E-state index in [1.54, 1.807) is 0 Å². The summed E-state index contributed by atoms with van der Waals surface area (Å²) in [6.07, 6.45) is 9.75. The first-order valence-electron chi connectivity index (χ1n) is 10.8. The molecule has 1 aliphatic heterocycles. The molecule has 1 spiro atoms. The van der Waals surface area contributed by atoms with Gasteiger partial charge in [0.25, 0.3) is 0 Å². The Kier molecular flexibility index (Phi) is 5.51. The maximum atomic E-state index is 12.7. The van der Waals surface area contributed by atoms with Crippen molar-refractivity contribution in [3.63, 3.8) is 0 Å². The van der Waals surface area contributed by atoms with Crippen LogP contribution in [0.25, 0.3) is 0 Å². The fraction of sp³-hybridized carbons (Fsp3) is 0.652. The highest BCUT2D eigenvalue weighted by Crippen LogP contribution is 2.59. The summed E-state index contributed by atoms with van der Waals surface area (Å²) in [6, 6.07) is 10.3. The highest BCUT2D eigenvalue weighted by Gasteiger charge is 2.58. The first kappa shape index (κ1) is 18.5. The largest absolute Gasteiger partial charge is 0.356 e. The van der Waals surface area contributed by atoms with Crippen LogP contribution in [0.1, 0.15) is 56.9 Å². The van der Waals surface area contributed by atoms with Gasteiger partial charge in [0.15, 0.2) is 0 Å². The molecular formula is C23H32N2O2. The van der Waals surface area contributed by atoms with Crippen molar-refractivity contribution < 1.29 is 9.59 Å². The molecule has 4 nitrogen and oxygen atoms in total. The Bertz CT molecular complexity index is 658. The Morgan fingerprint density at radius 2 is 1.74 bits per heavy atom. The summed E-state index contributed by atoms with van der Waals surface area (Å²) in [4.78, 5) is 27.3. The fourth-order valence-electron chi connectivity index (χ4n) is 5.15. The van der Waals surface area contributed by atoms with Crippen molar-refractivity contribution in [1.29, 1.82) is 0 Å². The fourth-order valence-corrected chi connectivity index (χ4v) is 5.15. The van der Waals surface area contributed by atoms with Gasteiger partial charge in [0, 0.05) is 31.5 Å². The molecule has 0 unspecified atom stereocenters. The van der Waals surface area contributed by atoms with Gasteiger partial charge in [-0.2, -0.15) is 0 Å². The predicted molar refractivity (Wildman–Crippen MR) is 106 cm³/mol. The molecule has 1 atom stereocenters. The van der Waals surface area contributed by atoms with Gasteiger partial charge in [-0.3, -0.25) is 9.59 Å². The quantitative estimate of drug-likeness (QED) is 0.864. The highest BCUT2D eigenvalue weighted by molar-refractivity contribution is 5.83. The lowest BCUT2D eigenvalue weighted by atomic mass is 9.86. The highest BCUT2D eigenvalue weighted by atomic mass is 16.2. The Morgan fingerprint density at radius 1 is 1.04 bits per heavy atom. The summed E-state index contributed by atoms with van der Waals surface area (Å²) >= 11 is 0. The Labute approximate surface area is 162 Å². The van der Waals surface area contributed by atoms with Crippen molar-refractivity contribution in [2.24, 2.45) is 17.3 Å². The van der Waals surface area contributed by atoms with Crippen LogP contribution in [0, 0.1) is 17.3 Å². The van der Waals surface area contributed by atoms with E-state index in [0.717, 1.165) is 51.6 Å². The molecule has 1 heterocycles. The minimum Gasteiger partial charge on any atom is -0.356 e. The molecule has 0 radical (unpaired) electrons. The van der Waals surface area contributed by atoms with Crippen LogP contribution in [-0.4, -0.2) is 36.3 Å². The van der Waals surface area contributed by atoms with Crippen LogP contribution >= 0.6 is 0 Å². The number of piperidine rings is 1. The normalized spacial score (nSPS) is 24.6. The summed E-state index contributed by atoms with van der Waals surface area (Å²) in [5.74, 6) is 1.04. The van der Waals surface area contributed by atoms with E-state index >= 15 is 0 Å². The first-order valence-corrected chi connectivity index (χ1v) is 10.8. The van der Waals surface area contributed by atoms with Gasteiger partial charge >= 0.3 is 0 Å². The van der Waals surface area contributed by atoms with Crippen molar-refractivity contribution in [1.82, 2.24) is 10.2 Å². The standard InChI is InChI=1S/C23H32N2O2/c26-21(24-14-11-18-7-3-1-4-8-18)20-17-23(20)12-15-25(16-13-23)22(27)19-9-5-2-6-10-19/h1,3-4,7-8,19-20H,2,5-6,9-17H2,(H,24,26)/t20-/m1/s1. The summed E-state index contributed by atoms with van der Waals surface area (Å²) in [7, 11) is 0. The topological polar surface area (TPSA) is 49.4 Å². The van der Waals surface area contributed by atoms with E-state index < -0.39 is 0 Å². The van der Waals surface area contributed by atoms with Crippen LogP contribution in [0.4, 0.5) is 0 Å². The molecule has 1 N–H and O–H groups in total. The summed E-state index contributed by atoms with van der Waals surface area (Å²) in [5.41, 5.74) is 1.44. The molecule has 3 aliphatic rings. The molecular weight excluding hydrogens is 336 g/mol. The number of hydrogen-bond acceptors (Lipinski definition) is 2. The third-order valence-electron chi connectivity index (χ3n) is 7.09. The smallest absolute Gasteiger partial charge is 0.225 e. The van der Waals surface area contributed by atoms with Gasteiger partial charge < -0.3 is 10.2 Å². The van der Waals surface area contributed by atoms with Gasteiger partial charge in [0.1, 0.15) is 0 Å². The van der Waals surface area contributed by atoms with Gasteiger partial charge in [0.2, 0.25) is 11.8 Å². The lowest BCUT2D eigenvalue weighted by Crippen LogP contribution is -2.43. The molecule has 146 valence electrons. The van der Waals surface area contributed by atoms with E-state index in [0.29, 0.717) is 12.5 Å². The van der Waals surface area contributed by atoms with Crippen molar-refractivity contribution in [2.75, 3.05) is 19.6 Å². The zero-order valence-corrected chi connectivity index (χ0v) is 16.3. The van der Waals surface area contributed by atoms with Crippen LogP contribution in [0.3, 0.4) is 0 Å². The van der Waals surface area contributed by atoms with E-state index in [1.165, 1.54) is 24.8 Å². The van der Waals surface area contributed by atoms with Crippen molar-refractivity contribution in [3.05, 3.63) is 35.9 Å². The van der Waals surface area contributed by atoms with Crippen molar-refractivity contribution >= 4 is 11.8 Å². The maximum absolute atomic E-state index is 12.7. The third-order valence-corrected chi connectivity index (χ3v) is 7.09. The average Bonchev–Trinajstić information content (AvgIpc) is 3.43. The number of rotatable bonds is 5. The maximum Gasteiger partial charge on any atom is 0.225 e.